The molecule has 0 saturated heterocycles. The molecule has 5 nitrogen and oxygen atoms in total. The fraction of sp³-hybridized carbons (Fsp3) is 0.562. The molecular formula is C16H26N4O. The molecule has 0 aliphatic rings. The third-order valence-electron chi connectivity index (χ3n) is 3.84. The Morgan fingerprint density at radius 2 is 2.19 bits per heavy atom. The first-order valence-electron chi connectivity index (χ1n) is 7.72. The number of hydrogen-bond acceptors (Lipinski definition) is 4. The normalized spacial score (nSPS) is 13.0. The van der Waals surface area contributed by atoms with E-state index < -0.39 is 0 Å². The van der Waals surface area contributed by atoms with Crippen LogP contribution in [0, 0.1) is 0 Å². The maximum atomic E-state index is 5.57. The van der Waals surface area contributed by atoms with Crippen molar-refractivity contribution in [1.29, 1.82) is 0 Å². The van der Waals surface area contributed by atoms with E-state index in [1.54, 1.807) is 6.26 Å². The zero-order valence-corrected chi connectivity index (χ0v) is 13.2. The molecular weight excluding hydrogens is 264 g/mol. The van der Waals surface area contributed by atoms with Gasteiger partial charge in [-0.1, -0.05) is 13.8 Å². The zero-order chi connectivity index (χ0) is 15.1. The third-order valence-corrected chi connectivity index (χ3v) is 3.84. The van der Waals surface area contributed by atoms with Crippen molar-refractivity contribution in [3.05, 3.63) is 42.4 Å². The molecule has 0 aliphatic carbocycles. The molecule has 2 aromatic rings. The molecule has 0 radical (unpaired) electrons. The summed E-state index contributed by atoms with van der Waals surface area (Å²) in [5, 5.41) is 3.57. The highest BCUT2D eigenvalue weighted by Crippen LogP contribution is 2.20. The van der Waals surface area contributed by atoms with Gasteiger partial charge in [-0.15, -0.1) is 0 Å². The zero-order valence-electron chi connectivity index (χ0n) is 13.2. The van der Waals surface area contributed by atoms with Crippen molar-refractivity contribution in [3.63, 3.8) is 0 Å². The average Bonchev–Trinajstić information content (AvgIpc) is 3.15. The predicted octanol–water partition coefficient (Wildman–Crippen LogP) is 2.42. The maximum Gasteiger partial charge on any atom is 0.133 e. The Balaban J connectivity index is 1.94. The molecule has 0 spiro atoms. The highest BCUT2D eigenvalue weighted by molar-refractivity contribution is 5.15. The Bertz CT molecular complexity index is 502. The summed E-state index contributed by atoms with van der Waals surface area (Å²) in [5.41, 5.74) is 0. The van der Waals surface area contributed by atoms with E-state index in [1.807, 2.05) is 36.1 Å². The lowest BCUT2D eigenvalue weighted by Gasteiger charge is -2.20. The van der Waals surface area contributed by atoms with Gasteiger partial charge in [0.1, 0.15) is 17.6 Å². The van der Waals surface area contributed by atoms with E-state index in [0.29, 0.717) is 0 Å². The van der Waals surface area contributed by atoms with Gasteiger partial charge in [0, 0.05) is 19.4 Å². The SMILES string of the molecule is CCN(CC)CCCNC(c1ccco1)c1nccn1C. The number of nitrogens with zero attached hydrogens (tertiary/aromatic N) is 3. The second kappa shape index (κ2) is 8.00. The van der Waals surface area contributed by atoms with Gasteiger partial charge in [0.05, 0.1) is 6.26 Å². The van der Waals surface area contributed by atoms with Crippen molar-refractivity contribution in [3.8, 4) is 0 Å². The molecule has 2 heterocycles. The van der Waals surface area contributed by atoms with Gasteiger partial charge in [-0.2, -0.15) is 0 Å². The van der Waals surface area contributed by atoms with Gasteiger partial charge in [0.15, 0.2) is 0 Å². The Morgan fingerprint density at radius 1 is 1.38 bits per heavy atom. The van der Waals surface area contributed by atoms with E-state index in [9.17, 15) is 0 Å². The summed E-state index contributed by atoms with van der Waals surface area (Å²) in [4.78, 5) is 6.88. The predicted molar refractivity (Wildman–Crippen MR) is 84.2 cm³/mol. The summed E-state index contributed by atoms with van der Waals surface area (Å²) in [6.45, 7) is 8.68. The first-order valence-corrected chi connectivity index (χ1v) is 7.72. The largest absolute Gasteiger partial charge is 0.467 e. The van der Waals surface area contributed by atoms with Gasteiger partial charge >= 0.3 is 0 Å². The second-order valence-electron chi connectivity index (χ2n) is 5.18. The van der Waals surface area contributed by atoms with E-state index in [0.717, 1.165) is 44.2 Å². The number of aromatic nitrogens is 2. The smallest absolute Gasteiger partial charge is 0.133 e. The Labute approximate surface area is 127 Å². The number of aryl methyl sites for hydroxylation is 1. The maximum absolute atomic E-state index is 5.57. The first-order chi connectivity index (χ1) is 10.3. The molecule has 1 atom stereocenters. The molecule has 2 aromatic heterocycles. The molecule has 0 aliphatic heterocycles. The van der Waals surface area contributed by atoms with Crippen LogP contribution in [0.2, 0.25) is 0 Å². The Morgan fingerprint density at radius 3 is 2.76 bits per heavy atom. The van der Waals surface area contributed by atoms with Crippen molar-refractivity contribution in [2.24, 2.45) is 7.05 Å². The molecule has 0 amide bonds. The summed E-state index contributed by atoms with van der Waals surface area (Å²) in [5.74, 6) is 1.89. The minimum absolute atomic E-state index is 0.0108. The van der Waals surface area contributed by atoms with Gasteiger partial charge in [-0.3, -0.25) is 0 Å². The molecule has 2 rings (SSSR count). The molecule has 0 bridgehead atoms. The van der Waals surface area contributed by atoms with Crippen molar-refractivity contribution in [2.45, 2.75) is 26.3 Å². The minimum atomic E-state index is 0.0108. The summed E-state index contributed by atoms with van der Waals surface area (Å²) in [6.07, 6.45) is 6.61. The number of rotatable bonds is 9. The van der Waals surface area contributed by atoms with Gasteiger partial charge in [-0.05, 0) is 44.7 Å². The molecule has 1 unspecified atom stereocenters. The quantitative estimate of drug-likeness (QED) is 0.721. The van der Waals surface area contributed by atoms with Crippen LogP contribution in [0.4, 0.5) is 0 Å². The first kappa shape index (κ1) is 15.8. The van der Waals surface area contributed by atoms with Gasteiger partial charge in [-0.25, -0.2) is 4.98 Å². The highest BCUT2D eigenvalue weighted by atomic mass is 16.3. The molecule has 0 saturated carbocycles. The van der Waals surface area contributed by atoms with Crippen molar-refractivity contribution < 1.29 is 4.42 Å². The molecule has 21 heavy (non-hydrogen) atoms. The lowest BCUT2D eigenvalue weighted by Crippen LogP contribution is -2.30. The summed E-state index contributed by atoms with van der Waals surface area (Å²) in [6, 6.07) is 3.93. The van der Waals surface area contributed by atoms with Gasteiger partial charge in [0.2, 0.25) is 0 Å². The Hall–Kier alpha value is -1.59. The van der Waals surface area contributed by atoms with Crippen molar-refractivity contribution >= 4 is 0 Å². The number of furan rings is 1. The minimum Gasteiger partial charge on any atom is -0.467 e. The third kappa shape index (κ3) is 4.19. The molecule has 5 heteroatoms. The molecule has 0 fully saturated rings. The van der Waals surface area contributed by atoms with Crippen LogP contribution in [0.1, 0.15) is 37.9 Å². The van der Waals surface area contributed by atoms with E-state index in [-0.39, 0.29) is 6.04 Å². The van der Waals surface area contributed by atoms with Gasteiger partial charge in [0.25, 0.3) is 0 Å². The summed E-state index contributed by atoms with van der Waals surface area (Å²) in [7, 11) is 2.01. The molecule has 1 N–H and O–H groups in total. The molecule has 0 aromatic carbocycles. The summed E-state index contributed by atoms with van der Waals surface area (Å²) >= 11 is 0. The van der Waals surface area contributed by atoms with Crippen LogP contribution in [0.25, 0.3) is 0 Å². The summed E-state index contributed by atoms with van der Waals surface area (Å²) < 4.78 is 7.60. The Kier molecular flexibility index (Phi) is 6.02. The standard InChI is InChI=1S/C16H26N4O/c1-4-20(5-2)11-7-9-17-15(14-8-6-13-21-14)16-18-10-12-19(16)3/h6,8,10,12-13,15,17H,4-5,7,9,11H2,1-3H3. The van der Waals surface area contributed by atoms with E-state index in [4.69, 9.17) is 4.42 Å². The number of nitrogens with one attached hydrogen (secondary N) is 1. The topological polar surface area (TPSA) is 46.2 Å². The fourth-order valence-electron chi connectivity index (χ4n) is 2.52. The van der Waals surface area contributed by atoms with Gasteiger partial charge < -0.3 is 19.2 Å². The van der Waals surface area contributed by atoms with Crippen LogP contribution in [0.3, 0.4) is 0 Å². The fourth-order valence-corrected chi connectivity index (χ4v) is 2.52. The van der Waals surface area contributed by atoms with E-state index in [2.05, 4.69) is 29.0 Å². The lowest BCUT2D eigenvalue weighted by molar-refractivity contribution is 0.295. The van der Waals surface area contributed by atoms with Crippen LogP contribution in [0.15, 0.2) is 35.2 Å². The van der Waals surface area contributed by atoms with Crippen LogP contribution >= 0.6 is 0 Å². The monoisotopic (exact) mass is 290 g/mol. The van der Waals surface area contributed by atoms with Crippen LogP contribution in [-0.4, -0.2) is 40.6 Å². The van der Waals surface area contributed by atoms with Crippen LogP contribution in [0.5, 0.6) is 0 Å². The second-order valence-corrected chi connectivity index (χ2v) is 5.18. The van der Waals surface area contributed by atoms with Crippen molar-refractivity contribution in [2.75, 3.05) is 26.2 Å². The van der Waals surface area contributed by atoms with Crippen LogP contribution in [-0.2, 0) is 7.05 Å². The average molecular weight is 290 g/mol. The highest BCUT2D eigenvalue weighted by Gasteiger charge is 2.20. The van der Waals surface area contributed by atoms with Crippen LogP contribution < -0.4 is 5.32 Å². The lowest BCUT2D eigenvalue weighted by atomic mass is 10.2. The molecule has 116 valence electrons. The number of hydrogen-bond donors (Lipinski definition) is 1. The van der Waals surface area contributed by atoms with E-state index in [1.165, 1.54) is 0 Å². The number of imidazole rings is 1. The van der Waals surface area contributed by atoms with E-state index >= 15 is 0 Å². The van der Waals surface area contributed by atoms with Crippen molar-refractivity contribution in [1.82, 2.24) is 19.8 Å².